The number of likely N-dealkylation sites (N-methyl/N-ethyl adjacent to an activating group) is 1. The van der Waals surface area contributed by atoms with Gasteiger partial charge < -0.3 is 20.7 Å². The zero-order valence-corrected chi connectivity index (χ0v) is 17.3. The topological polar surface area (TPSA) is 110 Å². The van der Waals surface area contributed by atoms with Crippen molar-refractivity contribution in [3.8, 4) is 6.07 Å². The number of thiophene rings is 1. The van der Waals surface area contributed by atoms with E-state index in [1.54, 1.807) is 6.92 Å². The summed E-state index contributed by atoms with van der Waals surface area (Å²) in [5.41, 5.74) is 9.50. The molecule has 0 bridgehead atoms. The smallest absolute Gasteiger partial charge is 0.348 e. The van der Waals surface area contributed by atoms with Crippen molar-refractivity contribution >= 4 is 33.9 Å². The molecule has 1 aromatic carbocycles. The first-order valence-electron chi connectivity index (χ1n) is 8.94. The minimum Gasteiger partial charge on any atom is -0.462 e. The first kappa shape index (κ1) is 21.4. The fourth-order valence-corrected chi connectivity index (χ4v) is 3.90. The van der Waals surface area contributed by atoms with Crippen molar-refractivity contribution in [2.45, 2.75) is 27.3 Å². The van der Waals surface area contributed by atoms with Crippen LogP contribution in [0.4, 0.5) is 10.7 Å². The first-order chi connectivity index (χ1) is 13.3. The molecule has 0 radical (unpaired) electrons. The third kappa shape index (κ3) is 4.88. The van der Waals surface area contributed by atoms with Gasteiger partial charge in [-0.3, -0.25) is 4.79 Å². The molecule has 1 atom stereocenters. The number of nitriles is 1. The van der Waals surface area contributed by atoms with E-state index in [1.807, 2.05) is 39.1 Å². The molecular weight excluding hydrogens is 376 g/mol. The van der Waals surface area contributed by atoms with Crippen LogP contribution < -0.4 is 16.0 Å². The molecule has 0 fully saturated rings. The average Bonchev–Trinajstić information content (AvgIpc) is 2.93. The summed E-state index contributed by atoms with van der Waals surface area (Å²) in [7, 11) is 1.83. The van der Waals surface area contributed by atoms with E-state index in [9.17, 15) is 14.9 Å². The second-order valence-corrected chi connectivity index (χ2v) is 7.66. The number of nitrogens with two attached hydrogens (primary N) is 1. The standard InChI is InChI=1S/C20H24N4O3S/c1-5-27-20(26)18-15(14(9-21)19(22)28-18)10-24(4)11-16(25)23-17-12(2)7-6-8-13(17)3/h6-8H,5,10-11,22H2,1-4H3,(H,23,25)/p+1. The normalized spacial score (nSPS) is 11.5. The molecule has 148 valence electrons. The lowest BCUT2D eigenvalue weighted by Gasteiger charge is -2.16. The van der Waals surface area contributed by atoms with Gasteiger partial charge in [0.2, 0.25) is 0 Å². The number of esters is 1. The number of quaternary nitrogens is 1. The van der Waals surface area contributed by atoms with Crippen molar-refractivity contribution in [1.82, 2.24) is 0 Å². The maximum atomic E-state index is 12.5. The van der Waals surface area contributed by atoms with Gasteiger partial charge in [-0.1, -0.05) is 18.2 Å². The van der Waals surface area contributed by atoms with Gasteiger partial charge in [0, 0.05) is 5.69 Å². The summed E-state index contributed by atoms with van der Waals surface area (Å²) in [6, 6.07) is 7.89. The Balaban J connectivity index is 2.14. The summed E-state index contributed by atoms with van der Waals surface area (Å²) in [6.07, 6.45) is 0. The van der Waals surface area contributed by atoms with E-state index in [0.717, 1.165) is 33.1 Å². The average molecular weight is 402 g/mol. The molecule has 1 amide bonds. The summed E-state index contributed by atoms with van der Waals surface area (Å²) in [6.45, 7) is 6.33. The predicted molar refractivity (Wildman–Crippen MR) is 109 cm³/mol. The van der Waals surface area contributed by atoms with Gasteiger partial charge in [0.05, 0.1) is 24.8 Å². The molecule has 0 aliphatic carbocycles. The van der Waals surface area contributed by atoms with E-state index in [2.05, 4.69) is 11.4 Å². The number of anilines is 2. The number of benzene rings is 1. The van der Waals surface area contributed by atoms with Crippen molar-refractivity contribution in [3.63, 3.8) is 0 Å². The maximum Gasteiger partial charge on any atom is 0.348 e. The van der Waals surface area contributed by atoms with Crippen molar-refractivity contribution < 1.29 is 19.2 Å². The number of rotatable bonds is 7. The highest BCUT2D eigenvalue weighted by Crippen LogP contribution is 2.30. The monoisotopic (exact) mass is 401 g/mol. The number of amides is 1. The number of ether oxygens (including phenoxy) is 1. The van der Waals surface area contributed by atoms with Crippen LogP contribution in [-0.2, 0) is 16.1 Å². The molecule has 1 aromatic heterocycles. The third-order valence-corrected chi connectivity index (χ3v) is 5.33. The predicted octanol–water partition coefficient (Wildman–Crippen LogP) is 1.65. The van der Waals surface area contributed by atoms with Gasteiger partial charge in [-0.05, 0) is 31.9 Å². The molecule has 8 heteroatoms. The van der Waals surface area contributed by atoms with Gasteiger partial charge in [-0.15, -0.1) is 11.3 Å². The minimum absolute atomic E-state index is 0.144. The molecule has 28 heavy (non-hydrogen) atoms. The van der Waals surface area contributed by atoms with E-state index in [0.29, 0.717) is 17.0 Å². The summed E-state index contributed by atoms with van der Waals surface area (Å²) in [4.78, 5) is 25.8. The van der Waals surface area contributed by atoms with E-state index < -0.39 is 5.97 Å². The lowest BCUT2D eigenvalue weighted by molar-refractivity contribution is -0.885. The molecule has 0 saturated carbocycles. The molecule has 2 rings (SSSR count). The summed E-state index contributed by atoms with van der Waals surface area (Å²) >= 11 is 1.05. The second kappa shape index (κ2) is 9.35. The van der Waals surface area contributed by atoms with Crippen LogP contribution in [0.1, 0.15) is 38.8 Å². The summed E-state index contributed by atoms with van der Waals surface area (Å²) < 4.78 is 5.07. The zero-order valence-electron chi connectivity index (χ0n) is 16.5. The van der Waals surface area contributed by atoms with E-state index in [-0.39, 0.29) is 29.6 Å². The molecule has 1 unspecified atom stereocenters. The number of nitrogens with zero attached hydrogens (tertiary/aromatic N) is 1. The molecular formula is C20H25N4O3S+. The third-order valence-electron chi connectivity index (χ3n) is 4.29. The number of carbonyl (C=O) groups excluding carboxylic acids is 2. The van der Waals surface area contributed by atoms with Gasteiger partial charge in [-0.2, -0.15) is 5.26 Å². The number of hydrogen-bond donors (Lipinski definition) is 3. The van der Waals surface area contributed by atoms with Crippen molar-refractivity contribution in [1.29, 1.82) is 5.26 Å². The van der Waals surface area contributed by atoms with E-state index in [4.69, 9.17) is 10.5 Å². The summed E-state index contributed by atoms with van der Waals surface area (Å²) in [5.74, 6) is -0.641. The molecule has 2 aromatic rings. The van der Waals surface area contributed by atoms with Crippen molar-refractivity contribution in [2.24, 2.45) is 0 Å². The Hall–Kier alpha value is -2.89. The number of nitrogens with one attached hydrogen (secondary N) is 2. The van der Waals surface area contributed by atoms with Crippen LogP contribution in [0.25, 0.3) is 0 Å². The molecule has 0 aliphatic heterocycles. The number of para-hydroxylation sites is 1. The largest absolute Gasteiger partial charge is 0.462 e. The Kier molecular flexibility index (Phi) is 7.15. The lowest BCUT2D eigenvalue weighted by Crippen LogP contribution is -3.08. The van der Waals surface area contributed by atoms with Crippen LogP contribution in [0.5, 0.6) is 0 Å². The second-order valence-electron chi connectivity index (χ2n) is 6.61. The van der Waals surface area contributed by atoms with Crippen LogP contribution in [0.15, 0.2) is 18.2 Å². The Morgan fingerprint density at radius 3 is 2.54 bits per heavy atom. The van der Waals surface area contributed by atoms with Crippen LogP contribution in [0, 0.1) is 25.2 Å². The molecule has 7 nitrogen and oxygen atoms in total. The van der Waals surface area contributed by atoms with E-state index in [1.165, 1.54) is 0 Å². The number of hydrogen-bond acceptors (Lipinski definition) is 6. The molecule has 4 N–H and O–H groups in total. The molecule has 0 aliphatic rings. The number of carbonyl (C=O) groups is 2. The van der Waals surface area contributed by atoms with Gasteiger partial charge in [0.25, 0.3) is 5.91 Å². The Bertz CT molecular complexity index is 910. The van der Waals surface area contributed by atoms with Crippen LogP contribution in [-0.4, -0.2) is 32.1 Å². The van der Waals surface area contributed by atoms with Gasteiger partial charge in [0.15, 0.2) is 6.54 Å². The molecule has 0 saturated heterocycles. The van der Waals surface area contributed by atoms with E-state index >= 15 is 0 Å². The Morgan fingerprint density at radius 1 is 1.32 bits per heavy atom. The molecule has 1 heterocycles. The minimum atomic E-state index is -0.497. The molecule has 0 spiro atoms. The number of aryl methyl sites for hydroxylation is 2. The van der Waals surface area contributed by atoms with Crippen LogP contribution >= 0.6 is 11.3 Å². The fourth-order valence-electron chi connectivity index (χ4n) is 2.97. The Labute approximate surface area is 168 Å². The van der Waals surface area contributed by atoms with Crippen molar-refractivity contribution in [3.05, 3.63) is 45.3 Å². The van der Waals surface area contributed by atoms with Crippen molar-refractivity contribution in [2.75, 3.05) is 31.2 Å². The maximum absolute atomic E-state index is 12.5. The fraction of sp³-hybridized carbons (Fsp3) is 0.350. The SMILES string of the molecule is CCOC(=O)c1sc(N)c(C#N)c1C[NH+](C)CC(=O)Nc1c(C)cccc1C. The summed E-state index contributed by atoms with van der Waals surface area (Å²) in [5, 5.41) is 12.6. The lowest BCUT2D eigenvalue weighted by atomic mass is 10.1. The van der Waals surface area contributed by atoms with Crippen LogP contribution in [0.3, 0.4) is 0 Å². The van der Waals surface area contributed by atoms with Gasteiger partial charge in [-0.25, -0.2) is 4.79 Å². The number of nitrogen functional groups attached to an aromatic ring is 1. The highest BCUT2D eigenvalue weighted by atomic mass is 32.1. The van der Waals surface area contributed by atoms with Crippen LogP contribution in [0.2, 0.25) is 0 Å². The van der Waals surface area contributed by atoms with Gasteiger partial charge in [0.1, 0.15) is 22.5 Å². The zero-order chi connectivity index (χ0) is 20.8. The Morgan fingerprint density at radius 2 is 1.96 bits per heavy atom. The highest BCUT2D eigenvalue weighted by molar-refractivity contribution is 7.18. The first-order valence-corrected chi connectivity index (χ1v) is 9.75. The van der Waals surface area contributed by atoms with Gasteiger partial charge >= 0.3 is 5.97 Å². The highest BCUT2D eigenvalue weighted by Gasteiger charge is 2.26. The quantitative estimate of drug-likeness (QED) is 0.611.